The number of aliphatic carboxylic acids is 1. The second-order valence-corrected chi connectivity index (χ2v) is 6.97. The topological polar surface area (TPSA) is 78.9 Å². The predicted molar refractivity (Wildman–Crippen MR) is 110 cm³/mol. The molecule has 168 valence electrons. The highest BCUT2D eigenvalue weighted by Crippen LogP contribution is 2.21. The van der Waals surface area contributed by atoms with Crippen LogP contribution in [-0.2, 0) is 22.6 Å². The Morgan fingerprint density at radius 3 is 2.29 bits per heavy atom. The molecule has 6 nitrogen and oxygen atoms in total. The molecule has 0 unspecified atom stereocenters. The van der Waals surface area contributed by atoms with Crippen LogP contribution < -0.4 is 15.0 Å². The molecule has 1 heterocycles. The van der Waals surface area contributed by atoms with Gasteiger partial charge in [-0.1, -0.05) is 24.3 Å². The summed E-state index contributed by atoms with van der Waals surface area (Å²) in [5.41, 5.74) is 3.35. The molecule has 0 atom stereocenters. The Hall–Kier alpha value is -3.23. The number of hydrogen-bond donors (Lipinski definition) is 2. The number of amides is 1. The molecule has 2 aromatic carbocycles. The molecule has 0 radical (unpaired) electrons. The molecule has 1 saturated heterocycles. The number of rotatable bonds is 6. The van der Waals surface area contributed by atoms with Crippen molar-refractivity contribution < 1.29 is 32.6 Å². The predicted octanol–water partition coefficient (Wildman–Crippen LogP) is 3.79. The first kappa shape index (κ1) is 24.0. The average molecular weight is 438 g/mol. The zero-order chi connectivity index (χ0) is 22.9. The number of benzene rings is 2. The summed E-state index contributed by atoms with van der Waals surface area (Å²) in [6, 6.07) is 16.1. The maximum Gasteiger partial charge on any atom is 0.490 e. The number of methoxy groups -OCH3 is 1. The second-order valence-electron chi connectivity index (χ2n) is 6.97. The highest BCUT2D eigenvalue weighted by Gasteiger charge is 2.38. The van der Waals surface area contributed by atoms with Crippen LogP contribution in [0, 0.1) is 0 Å². The molecule has 9 heteroatoms. The summed E-state index contributed by atoms with van der Waals surface area (Å²) in [4.78, 5) is 23.5. The number of alkyl halides is 3. The fourth-order valence-electron chi connectivity index (χ4n) is 3.07. The Balaban J connectivity index is 0.000000423. The standard InChI is InChI=1S/C20H24N2O2.C2HF3O2/c1-24-19-9-5-6-16(13-19)14-20(23)21-15-17-7-4-8-18(12-17)22-10-2-3-11-22;3-2(4,5)1(6)7/h4-9,12-13H,2-3,10-11,14-15H2,1H3,(H,21,23);(H,6,7). The molecule has 0 aromatic heterocycles. The van der Waals surface area contributed by atoms with E-state index in [1.54, 1.807) is 7.11 Å². The van der Waals surface area contributed by atoms with E-state index in [0.29, 0.717) is 13.0 Å². The Labute approximate surface area is 178 Å². The normalized spacial score (nSPS) is 13.2. The zero-order valence-corrected chi connectivity index (χ0v) is 17.1. The summed E-state index contributed by atoms with van der Waals surface area (Å²) >= 11 is 0. The molecule has 3 rings (SSSR count). The minimum absolute atomic E-state index is 0.0230. The molecule has 0 bridgehead atoms. The number of anilines is 1. The third-order valence-electron chi connectivity index (χ3n) is 4.61. The van der Waals surface area contributed by atoms with Gasteiger partial charge in [0.05, 0.1) is 13.5 Å². The fourth-order valence-corrected chi connectivity index (χ4v) is 3.07. The van der Waals surface area contributed by atoms with E-state index in [1.165, 1.54) is 18.5 Å². The van der Waals surface area contributed by atoms with Crippen molar-refractivity contribution in [2.45, 2.75) is 32.0 Å². The molecule has 2 N–H and O–H groups in total. The molecule has 0 saturated carbocycles. The van der Waals surface area contributed by atoms with Crippen LogP contribution >= 0.6 is 0 Å². The summed E-state index contributed by atoms with van der Waals surface area (Å²) in [5, 5.41) is 10.1. The minimum Gasteiger partial charge on any atom is -0.497 e. The number of carbonyl (C=O) groups is 2. The molecule has 0 spiro atoms. The van der Waals surface area contributed by atoms with Gasteiger partial charge in [-0.2, -0.15) is 13.2 Å². The molecular formula is C22H25F3N2O4. The Morgan fingerprint density at radius 1 is 1.06 bits per heavy atom. The summed E-state index contributed by atoms with van der Waals surface area (Å²) in [6.07, 6.45) is -2.19. The highest BCUT2D eigenvalue weighted by atomic mass is 19.4. The maximum atomic E-state index is 12.2. The number of hydrogen-bond acceptors (Lipinski definition) is 4. The van der Waals surface area contributed by atoms with E-state index in [4.69, 9.17) is 14.6 Å². The lowest BCUT2D eigenvalue weighted by Gasteiger charge is -2.18. The Bertz CT molecular complexity index is 881. The van der Waals surface area contributed by atoms with Crippen molar-refractivity contribution in [2.75, 3.05) is 25.1 Å². The van der Waals surface area contributed by atoms with Gasteiger partial charge in [-0.25, -0.2) is 4.79 Å². The quantitative estimate of drug-likeness (QED) is 0.718. The van der Waals surface area contributed by atoms with E-state index in [0.717, 1.165) is 30.0 Å². The smallest absolute Gasteiger partial charge is 0.490 e. The van der Waals surface area contributed by atoms with Crippen molar-refractivity contribution in [1.82, 2.24) is 5.32 Å². The van der Waals surface area contributed by atoms with Gasteiger partial charge in [0.25, 0.3) is 0 Å². The van der Waals surface area contributed by atoms with Crippen LogP contribution in [0.3, 0.4) is 0 Å². The molecule has 1 aliphatic rings. The van der Waals surface area contributed by atoms with Gasteiger partial charge in [-0.05, 0) is 48.2 Å². The maximum absolute atomic E-state index is 12.2. The number of halogens is 3. The Morgan fingerprint density at radius 2 is 1.68 bits per heavy atom. The monoisotopic (exact) mass is 438 g/mol. The average Bonchev–Trinajstić information content (AvgIpc) is 3.27. The molecule has 0 aliphatic carbocycles. The number of carbonyl (C=O) groups excluding carboxylic acids is 1. The lowest BCUT2D eigenvalue weighted by atomic mass is 10.1. The van der Waals surface area contributed by atoms with Gasteiger partial charge in [0.2, 0.25) is 5.91 Å². The van der Waals surface area contributed by atoms with Crippen molar-refractivity contribution >= 4 is 17.6 Å². The van der Waals surface area contributed by atoms with Gasteiger partial charge in [0.15, 0.2) is 0 Å². The lowest BCUT2D eigenvalue weighted by molar-refractivity contribution is -0.192. The first-order valence-electron chi connectivity index (χ1n) is 9.72. The van der Waals surface area contributed by atoms with Gasteiger partial charge in [-0.3, -0.25) is 4.79 Å². The van der Waals surface area contributed by atoms with Crippen LogP contribution in [0.4, 0.5) is 18.9 Å². The van der Waals surface area contributed by atoms with Crippen LogP contribution in [0.5, 0.6) is 5.75 Å². The van der Waals surface area contributed by atoms with E-state index in [1.807, 2.05) is 24.3 Å². The van der Waals surface area contributed by atoms with Crippen LogP contribution in [-0.4, -0.2) is 43.4 Å². The Kier molecular flexibility index (Phi) is 8.72. The van der Waals surface area contributed by atoms with E-state index < -0.39 is 12.1 Å². The second kappa shape index (κ2) is 11.2. The van der Waals surface area contributed by atoms with Crippen molar-refractivity contribution in [2.24, 2.45) is 0 Å². The van der Waals surface area contributed by atoms with Crippen molar-refractivity contribution in [1.29, 1.82) is 0 Å². The fraction of sp³-hybridized carbons (Fsp3) is 0.364. The first-order chi connectivity index (χ1) is 14.7. The lowest BCUT2D eigenvalue weighted by Crippen LogP contribution is -2.25. The number of carboxylic acids is 1. The molecule has 1 aliphatic heterocycles. The summed E-state index contributed by atoms with van der Waals surface area (Å²) < 4.78 is 36.9. The van der Waals surface area contributed by atoms with Gasteiger partial charge in [0, 0.05) is 25.3 Å². The van der Waals surface area contributed by atoms with E-state index in [-0.39, 0.29) is 5.91 Å². The van der Waals surface area contributed by atoms with Gasteiger partial charge >= 0.3 is 12.1 Å². The SMILES string of the molecule is COc1cccc(CC(=O)NCc2cccc(N3CCCC3)c2)c1.O=C(O)C(F)(F)F. The van der Waals surface area contributed by atoms with Gasteiger partial charge < -0.3 is 20.1 Å². The number of ether oxygens (including phenoxy) is 1. The summed E-state index contributed by atoms with van der Waals surface area (Å²) in [5.74, 6) is -1.96. The largest absolute Gasteiger partial charge is 0.497 e. The third kappa shape index (κ3) is 8.19. The molecule has 1 amide bonds. The van der Waals surface area contributed by atoms with E-state index in [9.17, 15) is 18.0 Å². The minimum atomic E-state index is -5.08. The third-order valence-corrected chi connectivity index (χ3v) is 4.61. The van der Waals surface area contributed by atoms with Crippen molar-refractivity contribution in [3.05, 3.63) is 59.7 Å². The summed E-state index contributed by atoms with van der Waals surface area (Å²) in [7, 11) is 1.63. The van der Waals surface area contributed by atoms with Crippen LogP contribution in [0.25, 0.3) is 0 Å². The first-order valence-corrected chi connectivity index (χ1v) is 9.72. The number of nitrogens with one attached hydrogen (secondary N) is 1. The number of nitrogens with zero attached hydrogens (tertiary/aromatic N) is 1. The molecule has 31 heavy (non-hydrogen) atoms. The van der Waals surface area contributed by atoms with Gasteiger partial charge in [-0.15, -0.1) is 0 Å². The number of carboxylic acid groups (broad SMARTS) is 1. The van der Waals surface area contributed by atoms with E-state index >= 15 is 0 Å². The van der Waals surface area contributed by atoms with Crippen LogP contribution in [0.1, 0.15) is 24.0 Å². The van der Waals surface area contributed by atoms with Crippen molar-refractivity contribution in [3.8, 4) is 5.75 Å². The van der Waals surface area contributed by atoms with Crippen molar-refractivity contribution in [3.63, 3.8) is 0 Å². The zero-order valence-electron chi connectivity index (χ0n) is 17.1. The van der Waals surface area contributed by atoms with Crippen LogP contribution in [0.15, 0.2) is 48.5 Å². The molecule has 1 fully saturated rings. The molecular weight excluding hydrogens is 413 g/mol. The summed E-state index contributed by atoms with van der Waals surface area (Å²) in [6.45, 7) is 2.82. The molecule has 2 aromatic rings. The highest BCUT2D eigenvalue weighted by molar-refractivity contribution is 5.78. The van der Waals surface area contributed by atoms with E-state index in [2.05, 4.69) is 34.5 Å². The van der Waals surface area contributed by atoms with Gasteiger partial charge in [0.1, 0.15) is 5.75 Å². The van der Waals surface area contributed by atoms with Crippen LogP contribution in [0.2, 0.25) is 0 Å².